The van der Waals surface area contributed by atoms with E-state index in [1.807, 2.05) is 6.92 Å². The largest absolute Gasteiger partial charge is 0.459 e. The highest BCUT2D eigenvalue weighted by Crippen LogP contribution is 2.71. The number of fused-ring (bicyclic) bond motifs is 4. The van der Waals surface area contributed by atoms with Gasteiger partial charge in [-0.2, -0.15) is 0 Å². The van der Waals surface area contributed by atoms with Gasteiger partial charge < -0.3 is 9.47 Å². The zero-order valence-corrected chi connectivity index (χ0v) is 21.0. The van der Waals surface area contributed by atoms with Gasteiger partial charge in [-0.1, -0.05) is 66.9 Å². The molecule has 0 unspecified atom stereocenters. The Morgan fingerprint density at radius 3 is 2.56 bits per heavy atom. The first-order valence-electron chi connectivity index (χ1n) is 12.0. The molecule has 32 heavy (non-hydrogen) atoms. The number of esters is 1. The predicted octanol–water partition coefficient (Wildman–Crippen LogP) is 5.44. The van der Waals surface area contributed by atoms with Crippen molar-refractivity contribution in [3.8, 4) is 0 Å². The number of carbonyl (C=O) groups excluding carboxylic acids is 2. The molecule has 2 heterocycles. The summed E-state index contributed by atoms with van der Waals surface area (Å²) in [5.74, 6) is 0.152. The van der Waals surface area contributed by atoms with Gasteiger partial charge in [0.2, 0.25) is 0 Å². The van der Waals surface area contributed by atoms with Gasteiger partial charge in [0.15, 0.2) is 5.78 Å². The van der Waals surface area contributed by atoms with Crippen LogP contribution in [0.5, 0.6) is 0 Å². The minimum Gasteiger partial charge on any atom is -0.459 e. The highest BCUT2D eigenvalue weighted by Gasteiger charge is 2.77. The number of ether oxygens (including phenoxy) is 2. The second kappa shape index (κ2) is 6.35. The number of allylic oxidation sites excluding steroid dienone is 6. The molecular formula is C27H31BrO4. The lowest BCUT2D eigenvalue weighted by atomic mass is 9.42. The van der Waals surface area contributed by atoms with E-state index in [2.05, 4.69) is 55.8 Å². The van der Waals surface area contributed by atoms with Gasteiger partial charge in [0, 0.05) is 27.1 Å². The second-order valence-corrected chi connectivity index (χ2v) is 12.2. The average molecular weight is 499 g/mol. The summed E-state index contributed by atoms with van der Waals surface area (Å²) < 4.78 is 14.2. The lowest BCUT2D eigenvalue weighted by Gasteiger charge is -2.59. The molecule has 0 N–H and O–H groups in total. The Morgan fingerprint density at radius 1 is 1.16 bits per heavy atom. The third-order valence-electron chi connectivity index (χ3n) is 10.1. The van der Waals surface area contributed by atoms with Gasteiger partial charge in [-0.05, 0) is 49.8 Å². The minimum atomic E-state index is -0.764. The molecule has 9 atom stereocenters. The van der Waals surface area contributed by atoms with Crippen molar-refractivity contribution in [2.45, 2.75) is 72.2 Å². The van der Waals surface area contributed by atoms with Crippen LogP contribution in [0.1, 0.15) is 53.9 Å². The Balaban J connectivity index is 1.55. The molecule has 1 saturated carbocycles. The van der Waals surface area contributed by atoms with E-state index in [1.54, 1.807) is 12.2 Å². The Hall–Kier alpha value is -1.46. The van der Waals surface area contributed by atoms with Crippen molar-refractivity contribution in [3.05, 3.63) is 45.5 Å². The van der Waals surface area contributed by atoms with E-state index in [0.717, 1.165) is 19.3 Å². The van der Waals surface area contributed by atoms with Crippen LogP contribution in [0.2, 0.25) is 0 Å². The van der Waals surface area contributed by atoms with Crippen LogP contribution in [0.4, 0.5) is 0 Å². The quantitative estimate of drug-likeness (QED) is 0.375. The smallest absolute Gasteiger partial charge is 0.316 e. The van der Waals surface area contributed by atoms with Crippen molar-refractivity contribution >= 4 is 27.7 Å². The molecule has 5 heteroatoms. The Kier molecular flexibility index (Phi) is 4.19. The number of hydrogen-bond acceptors (Lipinski definition) is 4. The molecule has 6 aliphatic rings. The van der Waals surface area contributed by atoms with E-state index in [9.17, 15) is 9.59 Å². The van der Waals surface area contributed by atoms with Gasteiger partial charge in [-0.3, -0.25) is 9.59 Å². The van der Waals surface area contributed by atoms with E-state index >= 15 is 0 Å². The maximum atomic E-state index is 13.6. The zero-order chi connectivity index (χ0) is 22.8. The van der Waals surface area contributed by atoms with Crippen LogP contribution in [-0.2, 0) is 19.1 Å². The molecule has 0 aromatic heterocycles. The molecule has 4 aliphatic carbocycles. The first-order chi connectivity index (χ1) is 15.1. The molecule has 3 fully saturated rings. The second-order valence-electron chi connectivity index (χ2n) is 11.3. The van der Waals surface area contributed by atoms with Crippen molar-refractivity contribution in [2.24, 2.45) is 34.0 Å². The molecular weight excluding hydrogens is 468 g/mol. The summed E-state index contributed by atoms with van der Waals surface area (Å²) in [7, 11) is 0. The van der Waals surface area contributed by atoms with E-state index in [4.69, 9.17) is 9.47 Å². The van der Waals surface area contributed by atoms with Crippen molar-refractivity contribution < 1.29 is 19.1 Å². The molecule has 0 bridgehead atoms. The molecule has 4 nitrogen and oxygen atoms in total. The molecule has 0 spiro atoms. The van der Waals surface area contributed by atoms with Gasteiger partial charge in [0.1, 0.15) is 12.2 Å². The molecule has 0 aromatic rings. The number of rotatable bonds is 2. The molecule has 170 valence electrons. The Labute approximate surface area is 198 Å². The molecule has 2 aliphatic heterocycles. The van der Waals surface area contributed by atoms with Crippen LogP contribution in [0.25, 0.3) is 0 Å². The minimum absolute atomic E-state index is 0.0169. The first-order valence-corrected chi connectivity index (χ1v) is 12.8. The van der Waals surface area contributed by atoms with Crippen molar-refractivity contribution in [2.75, 3.05) is 0 Å². The van der Waals surface area contributed by atoms with Gasteiger partial charge >= 0.3 is 5.97 Å². The fourth-order valence-corrected chi connectivity index (χ4v) is 9.48. The van der Waals surface area contributed by atoms with Gasteiger partial charge in [0.05, 0.1) is 11.5 Å². The van der Waals surface area contributed by atoms with E-state index in [1.165, 1.54) is 21.2 Å². The van der Waals surface area contributed by atoms with Gasteiger partial charge in [0.25, 0.3) is 0 Å². The van der Waals surface area contributed by atoms with E-state index < -0.39 is 10.8 Å². The lowest BCUT2D eigenvalue weighted by Crippen LogP contribution is -2.65. The summed E-state index contributed by atoms with van der Waals surface area (Å²) in [5.41, 5.74) is 2.34. The maximum Gasteiger partial charge on any atom is 0.316 e. The summed E-state index contributed by atoms with van der Waals surface area (Å²) in [4.78, 5) is 26.7. The summed E-state index contributed by atoms with van der Waals surface area (Å²) in [5, 5.41) is 0. The highest BCUT2D eigenvalue weighted by atomic mass is 79.9. The average Bonchev–Trinajstić information content (AvgIpc) is 3.44. The van der Waals surface area contributed by atoms with Crippen LogP contribution in [0.15, 0.2) is 45.5 Å². The van der Waals surface area contributed by atoms with Crippen molar-refractivity contribution in [1.29, 1.82) is 0 Å². The molecule has 0 amide bonds. The van der Waals surface area contributed by atoms with E-state index in [-0.39, 0.29) is 47.3 Å². The van der Waals surface area contributed by atoms with Crippen LogP contribution in [0.3, 0.4) is 0 Å². The van der Waals surface area contributed by atoms with Crippen LogP contribution in [0, 0.1) is 34.0 Å². The number of ketones is 1. The normalized spacial score (nSPS) is 50.8. The van der Waals surface area contributed by atoms with Crippen molar-refractivity contribution in [3.63, 3.8) is 0 Å². The van der Waals surface area contributed by atoms with Gasteiger partial charge in [-0.15, -0.1) is 0 Å². The SMILES string of the molecule is CC[C@H]1[C@]2(C)C3=C(C)[C@H](C4=C(Br)CC=C4)C[C@H]3O[C@@H]2[C@@H]2OC(=O)[C@]3(C)C=CC(=O)[C@@]1(C)[C@@H]23. The number of hydrogen-bond donors (Lipinski definition) is 0. The fraction of sp³-hybridized carbons (Fsp3) is 0.630. The van der Waals surface area contributed by atoms with Crippen LogP contribution < -0.4 is 0 Å². The molecule has 0 aromatic carbocycles. The summed E-state index contributed by atoms with van der Waals surface area (Å²) in [6.07, 6.45) is 10.1. The van der Waals surface area contributed by atoms with E-state index in [0.29, 0.717) is 5.92 Å². The van der Waals surface area contributed by atoms with Crippen LogP contribution in [-0.4, -0.2) is 30.1 Å². The van der Waals surface area contributed by atoms with Crippen LogP contribution >= 0.6 is 15.9 Å². The number of halogens is 1. The summed E-state index contributed by atoms with van der Waals surface area (Å²) in [6.45, 7) is 10.8. The summed E-state index contributed by atoms with van der Waals surface area (Å²) >= 11 is 3.77. The third-order valence-corrected chi connectivity index (χ3v) is 10.8. The zero-order valence-electron chi connectivity index (χ0n) is 19.4. The highest BCUT2D eigenvalue weighted by molar-refractivity contribution is 9.11. The Bertz CT molecular complexity index is 1080. The molecule has 0 radical (unpaired) electrons. The topological polar surface area (TPSA) is 52.6 Å². The monoisotopic (exact) mass is 498 g/mol. The third kappa shape index (κ3) is 2.14. The van der Waals surface area contributed by atoms with Crippen molar-refractivity contribution in [1.82, 2.24) is 0 Å². The standard InChI is InChI=1S/C27H31BrO4/c1-6-18-26(4)19(29)10-11-25(3)22(26)21(32-24(25)30)23-27(18,5)20-13(2)15(12-17(20)31-23)14-8-7-9-16(14)28/h7-8,10-11,15,17-18,21-23H,6,9,12H2,1-5H3/t15-,17-,18-,21-,22+,23-,25-,26+,27-/m1/s1. The summed E-state index contributed by atoms with van der Waals surface area (Å²) in [6, 6.07) is 0. The molecule has 6 rings (SSSR count). The molecule has 2 saturated heterocycles. The fourth-order valence-electron chi connectivity index (χ4n) is 8.89. The maximum absolute atomic E-state index is 13.6. The first kappa shape index (κ1) is 21.1. The Morgan fingerprint density at radius 2 is 1.91 bits per heavy atom. The predicted molar refractivity (Wildman–Crippen MR) is 125 cm³/mol. The number of carbonyl (C=O) groups is 2. The van der Waals surface area contributed by atoms with Gasteiger partial charge in [-0.25, -0.2) is 0 Å². The lowest BCUT2D eigenvalue weighted by molar-refractivity contribution is -0.186.